The van der Waals surface area contributed by atoms with Gasteiger partial charge in [-0.3, -0.25) is 23.7 Å². The average Bonchev–Trinajstić information content (AvgIpc) is 3.18. The zero-order valence-corrected chi connectivity index (χ0v) is 18.6. The van der Waals surface area contributed by atoms with E-state index in [1.54, 1.807) is 26.0 Å². The van der Waals surface area contributed by atoms with Gasteiger partial charge in [0.2, 0.25) is 0 Å². The lowest BCUT2D eigenvalue weighted by Crippen LogP contribution is -2.40. The minimum Gasteiger partial charge on any atom is -0.465 e. The van der Waals surface area contributed by atoms with Crippen LogP contribution in [0.25, 0.3) is 0 Å². The molecule has 5 unspecified atom stereocenters. The van der Waals surface area contributed by atoms with Crippen LogP contribution < -0.4 is 21.4 Å². The molecule has 1 aromatic heterocycles. The highest BCUT2D eigenvalue weighted by Crippen LogP contribution is 2.39. The molecule has 1 aliphatic rings. The van der Waals surface area contributed by atoms with Crippen molar-refractivity contribution >= 4 is 19.9 Å². The molecule has 3 N–H and O–H groups in total. The van der Waals surface area contributed by atoms with E-state index in [0.29, 0.717) is 11.8 Å². The van der Waals surface area contributed by atoms with Crippen molar-refractivity contribution in [1.82, 2.24) is 19.7 Å². The van der Waals surface area contributed by atoms with E-state index >= 15 is 0 Å². The number of aromatic nitrogens is 2. The minimum absolute atomic E-state index is 0.153. The van der Waals surface area contributed by atoms with Gasteiger partial charge < -0.3 is 18.8 Å². The predicted molar refractivity (Wildman–Crippen MR) is 111 cm³/mol. The van der Waals surface area contributed by atoms with Crippen molar-refractivity contribution in [2.75, 3.05) is 13.2 Å². The summed E-state index contributed by atoms with van der Waals surface area (Å²) in [6, 6.07) is -1.78. The molecule has 0 saturated carbocycles. The largest absolute Gasteiger partial charge is 0.465 e. The van der Waals surface area contributed by atoms with Crippen LogP contribution in [0.5, 0.6) is 0 Å². The summed E-state index contributed by atoms with van der Waals surface area (Å²) in [5.41, 5.74) is -0.782. The average molecular weight is 458 g/mol. The maximum absolute atomic E-state index is 13.2. The predicted octanol–water partition coefficient (Wildman–Crippen LogP) is 0.142. The standard InChI is InChI=1S/C18H27N4O8P/c1-5-28-17(25)13(4)21-31(27,20-12(3)9-23)29-10-14-6-7-15(30-14)22-8-11(2)16(24)19-18(22)26/h6-9,12-15H,5,10H2,1-4H3,(H,19,24,26)(H2,20,21,27). The normalized spacial score (nSPS) is 21.9. The number of carbonyl (C=O) groups is 2. The Hall–Kier alpha value is -2.37. The van der Waals surface area contributed by atoms with Crippen LogP contribution in [-0.2, 0) is 28.2 Å². The molecule has 172 valence electrons. The van der Waals surface area contributed by atoms with Crippen molar-refractivity contribution in [3.05, 3.63) is 44.8 Å². The van der Waals surface area contributed by atoms with E-state index in [1.165, 1.54) is 24.6 Å². The smallest absolute Gasteiger partial charge is 0.342 e. The van der Waals surface area contributed by atoms with Crippen LogP contribution in [0, 0.1) is 6.92 Å². The van der Waals surface area contributed by atoms with Crippen molar-refractivity contribution in [3.63, 3.8) is 0 Å². The summed E-state index contributed by atoms with van der Waals surface area (Å²) in [7, 11) is -3.86. The number of hydrogen-bond acceptors (Lipinski definition) is 8. The van der Waals surface area contributed by atoms with Gasteiger partial charge in [0.1, 0.15) is 18.4 Å². The van der Waals surface area contributed by atoms with Gasteiger partial charge in [0, 0.05) is 11.8 Å². The Bertz CT molecular complexity index is 988. The molecular formula is C18H27N4O8P. The molecule has 0 spiro atoms. The Balaban J connectivity index is 2.06. The Morgan fingerprint density at radius 1 is 1.35 bits per heavy atom. The molecule has 5 atom stereocenters. The number of carbonyl (C=O) groups excluding carboxylic acids is 2. The van der Waals surface area contributed by atoms with Crippen molar-refractivity contribution in [3.8, 4) is 0 Å². The first-order valence-electron chi connectivity index (χ1n) is 9.66. The summed E-state index contributed by atoms with van der Waals surface area (Å²) in [6.07, 6.45) is 3.66. The van der Waals surface area contributed by atoms with Crippen molar-refractivity contribution in [2.45, 2.75) is 52.1 Å². The third kappa shape index (κ3) is 6.81. The molecule has 12 nitrogen and oxygen atoms in total. The van der Waals surface area contributed by atoms with Crippen molar-refractivity contribution in [2.24, 2.45) is 0 Å². The first kappa shape index (κ1) is 24.9. The molecule has 1 aromatic rings. The van der Waals surface area contributed by atoms with Crippen molar-refractivity contribution in [1.29, 1.82) is 0 Å². The number of esters is 1. The summed E-state index contributed by atoms with van der Waals surface area (Å²) in [5, 5.41) is 5.08. The Kier molecular flexibility index (Phi) is 8.66. The second-order valence-corrected chi connectivity index (χ2v) is 8.81. The third-order valence-corrected chi connectivity index (χ3v) is 6.21. The molecule has 1 aliphatic heterocycles. The fourth-order valence-electron chi connectivity index (χ4n) is 2.68. The highest BCUT2D eigenvalue weighted by Gasteiger charge is 2.32. The van der Waals surface area contributed by atoms with E-state index in [1.807, 2.05) is 0 Å². The molecular weight excluding hydrogens is 431 g/mol. The number of aromatic amines is 1. The van der Waals surface area contributed by atoms with Crippen LogP contribution in [0.3, 0.4) is 0 Å². The SMILES string of the molecule is CCOC(=O)C(C)NP(=O)(NC(C)C=O)OCC1C=CC(n2cc(C)c(=O)[nH]c2=O)O1. The number of aryl methyl sites for hydroxylation is 1. The second kappa shape index (κ2) is 10.8. The Morgan fingerprint density at radius 2 is 2.06 bits per heavy atom. The highest BCUT2D eigenvalue weighted by molar-refractivity contribution is 7.54. The van der Waals surface area contributed by atoms with Gasteiger partial charge in [0.25, 0.3) is 5.56 Å². The first-order valence-corrected chi connectivity index (χ1v) is 11.3. The van der Waals surface area contributed by atoms with Gasteiger partial charge in [-0.25, -0.2) is 15.0 Å². The molecule has 2 rings (SSSR count). The number of rotatable bonds is 11. The van der Waals surface area contributed by atoms with Gasteiger partial charge in [-0.2, -0.15) is 0 Å². The maximum atomic E-state index is 13.2. The van der Waals surface area contributed by atoms with Gasteiger partial charge >= 0.3 is 19.3 Å². The number of nitrogens with one attached hydrogen (secondary N) is 3. The molecule has 0 fully saturated rings. The van der Waals surface area contributed by atoms with Crippen LogP contribution in [-0.4, -0.2) is 53.2 Å². The number of H-pyrrole nitrogens is 1. The van der Waals surface area contributed by atoms with Gasteiger partial charge in [0.05, 0.1) is 19.3 Å². The van der Waals surface area contributed by atoms with Crippen LogP contribution in [0.4, 0.5) is 0 Å². The summed E-state index contributed by atoms with van der Waals surface area (Å²) in [4.78, 5) is 48.6. The van der Waals surface area contributed by atoms with Crippen LogP contribution >= 0.6 is 7.67 Å². The fourth-order valence-corrected chi connectivity index (χ4v) is 4.47. The fraction of sp³-hybridized carbons (Fsp3) is 0.556. The van der Waals surface area contributed by atoms with Crippen LogP contribution in [0.2, 0.25) is 0 Å². The molecule has 13 heteroatoms. The van der Waals surface area contributed by atoms with E-state index < -0.39 is 49.3 Å². The summed E-state index contributed by atoms with van der Waals surface area (Å²) in [5.74, 6) is -0.628. The first-order chi connectivity index (χ1) is 14.6. The molecule has 0 radical (unpaired) electrons. The topological polar surface area (TPSA) is 158 Å². The van der Waals surface area contributed by atoms with Gasteiger partial charge in [-0.1, -0.05) is 6.08 Å². The number of hydrogen-bond donors (Lipinski definition) is 3. The quantitative estimate of drug-likeness (QED) is 0.180. The Morgan fingerprint density at radius 3 is 2.71 bits per heavy atom. The highest BCUT2D eigenvalue weighted by atomic mass is 31.2. The molecule has 0 aliphatic carbocycles. The lowest BCUT2D eigenvalue weighted by molar-refractivity contribution is -0.144. The molecule has 0 amide bonds. The molecule has 0 saturated heterocycles. The zero-order chi connectivity index (χ0) is 23.2. The van der Waals surface area contributed by atoms with Crippen LogP contribution in [0.15, 0.2) is 27.9 Å². The van der Waals surface area contributed by atoms with Gasteiger partial charge in [-0.05, 0) is 33.8 Å². The Labute approximate surface area is 178 Å². The number of nitrogens with zero attached hydrogens (tertiary/aromatic N) is 1. The molecule has 31 heavy (non-hydrogen) atoms. The number of aldehydes is 1. The van der Waals surface area contributed by atoms with E-state index in [9.17, 15) is 23.7 Å². The van der Waals surface area contributed by atoms with E-state index in [-0.39, 0.29) is 13.2 Å². The van der Waals surface area contributed by atoms with Gasteiger partial charge in [0.15, 0.2) is 6.23 Å². The number of ether oxygens (including phenoxy) is 2. The minimum atomic E-state index is -3.86. The van der Waals surface area contributed by atoms with E-state index in [2.05, 4.69) is 15.2 Å². The molecule has 2 heterocycles. The second-order valence-electron chi connectivity index (χ2n) is 6.93. The van der Waals surface area contributed by atoms with E-state index in [4.69, 9.17) is 14.0 Å². The molecule has 0 bridgehead atoms. The van der Waals surface area contributed by atoms with Crippen molar-refractivity contribution < 1.29 is 28.2 Å². The van der Waals surface area contributed by atoms with E-state index in [0.717, 1.165) is 0 Å². The van der Waals surface area contributed by atoms with Gasteiger partial charge in [-0.15, -0.1) is 0 Å². The third-order valence-electron chi connectivity index (χ3n) is 4.23. The summed E-state index contributed by atoms with van der Waals surface area (Å²) < 4.78 is 30.4. The summed E-state index contributed by atoms with van der Waals surface area (Å²) in [6.45, 7) is 6.08. The maximum Gasteiger partial charge on any atom is 0.342 e. The lowest BCUT2D eigenvalue weighted by atomic mass is 10.3. The monoisotopic (exact) mass is 458 g/mol. The lowest BCUT2D eigenvalue weighted by Gasteiger charge is -2.26. The zero-order valence-electron chi connectivity index (χ0n) is 17.7. The molecule has 0 aromatic carbocycles. The van der Waals surface area contributed by atoms with Crippen LogP contribution in [0.1, 0.15) is 32.6 Å². The summed E-state index contributed by atoms with van der Waals surface area (Å²) >= 11 is 0.